The topological polar surface area (TPSA) is 72.7 Å². The highest BCUT2D eigenvalue weighted by Crippen LogP contribution is 2.24. The molecule has 0 unspecified atom stereocenters. The van der Waals surface area contributed by atoms with Crippen LogP contribution in [0.1, 0.15) is 18.1 Å². The SMILES string of the molecule is CCn1c(SCC(=O)Nc2ccc(C)cc2C)nnc1-c1cccnc1. The van der Waals surface area contributed by atoms with Crippen molar-refractivity contribution in [2.24, 2.45) is 0 Å². The lowest BCUT2D eigenvalue weighted by Crippen LogP contribution is -2.15. The third kappa shape index (κ3) is 4.11. The lowest BCUT2D eigenvalue weighted by molar-refractivity contribution is -0.113. The number of aromatic nitrogens is 4. The van der Waals surface area contributed by atoms with E-state index in [4.69, 9.17) is 0 Å². The maximum absolute atomic E-state index is 12.3. The van der Waals surface area contributed by atoms with Gasteiger partial charge < -0.3 is 9.88 Å². The molecule has 0 spiro atoms. The van der Waals surface area contributed by atoms with E-state index in [1.165, 1.54) is 17.3 Å². The Hall–Kier alpha value is -2.67. The summed E-state index contributed by atoms with van der Waals surface area (Å²) < 4.78 is 1.99. The number of hydrogen-bond acceptors (Lipinski definition) is 5. The number of aryl methyl sites for hydroxylation is 2. The van der Waals surface area contributed by atoms with Crippen molar-refractivity contribution < 1.29 is 4.79 Å². The van der Waals surface area contributed by atoms with E-state index in [-0.39, 0.29) is 11.7 Å². The van der Waals surface area contributed by atoms with Gasteiger partial charge in [0.15, 0.2) is 11.0 Å². The van der Waals surface area contributed by atoms with Crippen molar-refractivity contribution in [2.45, 2.75) is 32.5 Å². The minimum absolute atomic E-state index is 0.0597. The summed E-state index contributed by atoms with van der Waals surface area (Å²) in [7, 11) is 0. The Balaban J connectivity index is 1.68. The van der Waals surface area contributed by atoms with Gasteiger partial charge in [-0.2, -0.15) is 0 Å². The highest BCUT2D eigenvalue weighted by atomic mass is 32.2. The molecule has 1 amide bonds. The highest BCUT2D eigenvalue weighted by molar-refractivity contribution is 7.99. The van der Waals surface area contributed by atoms with Crippen LogP contribution in [-0.2, 0) is 11.3 Å². The van der Waals surface area contributed by atoms with Crippen molar-refractivity contribution in [1.29, 1.82) is 0 Å². The Morgan fingerprint density at radius 3 is 2.77 bits per heavy atom. The molecule has 0 bridgehead atoms. The van der Waals surface area contributed by atoms with E-state index in [9.17, 15) is 4.79 Å². The molecular formula is C19H21N5OS. The summed E-state index contributed by atoms with van der Waals surface area (Å²) in [5.74, 6) is 0.979. The molecule has 134 valence electrons. The van der Waals surface area contributed by atoms with Crippen LogP contribution in [0.25, 0.3) is 11.4 Å². The second-order valence-corrected chi connectivity index (χ2v) is 6.89. The minimum Gasteiger partial charge on any atom is -0.325 e. The van der Waals surface area contributed by atoms with Gasteiger partial charge in [-0.15, -0.1) is 10.2 Å². The van der Waals surface area contributed by atoms with Crippen molar-refractivity contribution in [1.82, 2.24) is 19.7 Å². The van der Waals surface area contributed by atoms with Gasteiger partial charge in [0, 0.05) is 30.2 Å². The maximum atomic E-state index is 12.3. The van der Waals surface area contributed by atoms with Gasteiger partial charge in [0.1, 0.15) is 0 Å². The molecule has 3 rings (SSSR count). The lowest BCUT2D eigenvalue weighted by atomic mass is 10.1. The normalized spacial score (nSPS) is 10.7. The van der Waals surface area contributed by atoms with Crippen molar-refractivity contribution in [3.8, 4) is 11.4 Å². The zero-order valence-electron chi connectivity index (χ0n) is 15.1. The van der Waals surface area contributed by atoms with Gasteiger partial charge >= 0.3 is 0 Å². The molecule has 1 N–H and O–H groups in total. The smallest absolute Gasteiger partial charge is 0.234 e. The van der Waals surface area contributed by atoms with E-state index in [1.807, 2.05) is 49.6 Å². The van der Waals surface area contributed by atoms with Crippen LogP contribution in [0.3, 0.4) is 0 Å². The van der Waals surface area contributed by atoms with E-state index in [1.54, 1.807) is 12.4 Å². The number of nitrogens with one attached hydrogen (secondary N) is 1. The van der Waals surface area contributed by atoms with Crippen LogP contribution in [0.15, 0.2) is 47.9 Å². The number of thioether (sulfide) groups is 1. The maximum Gasteiger partial charge on any atom is 0.234 e. The third-order valence-corrected chi connectivity index (χ3v) is 4.91. The Labute approximate surface area is 157 Å². The van der Waals surface area contributed by atoms with Gasteiger partial charge in [-0.25, -0.2) is 0 Å². The van der Waals surface area contributed by atoms with E-state index in [0.29, 0.717) is 0 Å². The molecule has 0 saturated heterocycles. The molecule has 0 aliphatic heterocycles. The zero-order chi connectivity index (χ0) is 18.5. The standard InChI is InChI=1S/C19H21N5OS/c1-4-24-18(15-6-5-9-20-11-15)22-23-19(24)26-12-17(25)21-16-8-7-13(2)10-14(16)3/h5-11H,4,12H2,1-3H3,(H,21,25). The first kappa shape index (κ1) is 18.1. The van der Waals surface area contributed by atoms with Crippen molar-refractivity contribution in [3.05, 3.63) is 53.9 Å². The van der Waals surface area contributed by atoms with Gasteiger partial charge in [0.25, 0.3) is 0 Å². The van der Waals surface area contributed by atoms with Crippen LogP contribution < -0.4 is 5.32 Å². The molecule has 1 aromatic carbocycles. The third-order valence-electron chi connectivity index (χ3n) is 3.94. The second-order valence-electron chi connectivity index (χ2n) is 5.95. The Morgan fingerprint density at radius 1 is 1.23 bits per heavy atom. The molecule has 26 heavy (non-hydrogen) atoms. The second kappa shape index (κ2) is 8.14. The number of carbonyl (C=O) groups excluding carboxylic acids is 1. The fraction of sp³-hybridized carbons (Fsp3) is 0.263. The fourth-order valence-corrected chi connectivity index (χ4v) is 3.46. The molecule has 2 aromatic heterocycles. The first-order chi connectivity index (χ1) is 12.6. The molecule has 0 radical (unpaired) electrons. The summed E-state index contributed by atoms with van der Waals surface area (Å²) in [6.45, 7) is 6.77. The summed E-state index contributed by atoms with van der Waals surface area (Å²) in [6, 6.07) is 9.79. The Bertz CT molecular complexity index is 908. The highest BCUT2D eigenvalue weighted by Gasteiger charge is 2.15. The van der Waals surface area contributed by atoms with Gasteiger partial charge in [-0.1, -0.05) is 29.5 Å². The molecular weight excluding hydrogens is 346 g/mol. The zero-order valence-corrected chi connectivity index (χ0v) is 15.9. The lowest BCUT2D eigenvalue weighted by Gasteiger charge is -2.09. The predicted octanol–water partition coefficient (Wildman–Crippen LogP) is 3.71. The number of rotatable bonds is 6. The van der Waals surface area contributed by atoms with Crippen molar-refractivity contribution in [3.63, 3.8) is 0 Å². The monoisotopic (exact) mass is 367 g/mol. The molecule has 2 heterocycles. The van der Waals surface area contributed by atoms with E-state index < -0.39 is 0 Å². The summed E-state index contributed by atoms with van der Waals surface area (Å²) in [4.78, 5) is 16.4. The molecule has 6 nitrogen and oxygen atoms in total. The number of anilines is 1. The molecule has 0 fully saturated rings. The van der Waals surface area contributed by atoms with Gasteiger partial charge in [0.05, 0.1) is 5.75 Å². The number of benzene rings is 1. The molecule has 3 aromatic rings. The molecule has 0 atom stereocenters. The van der Waals surface area contributed by atoms with Crippen molar-refractivity contribution in [2.75, 3.05) is 11.1 Å². The van der Waals surface area contributed by atoms with Crippen LogP contribution >= 0.6 is 11.8 Å². The fourth-order valence-electron chi connectivity index (χ4n) is 2.66. The van der Waals surface area contributed by atoms with E-state index >= 15 is 0 Å². The van der Waals surface area contributed by atoms with Crippen LogP contribution in [0.5, 0.6) is 0 Å². The van der Waals surface area contributed by atoms with Gasteiger partial charge in [-0.05, 0) is 44.5 Å². The largest absolute Gasteiger partial charge is 0.325 e. The van der Waals surface area contributed by atoms with Gasteiger partial charge in [-0.3, -0.25) is 9.78 Å². The molecule has 0 aliphatic rings. The predicted molar refractivity (Wildman–Crippen MR) is 104 cm³/mol. The average Bonchev–Trinajstić information content (AvgIpc) is 3.06. The molecule has 0 aliphatic carbocycles. The van der Waals surface area contributed by atoms with Crippen LogP contribution in [0, 0.1) is 13.8 Å². The van der Waals surface area contributed by atoms with E-state index in [2.05, 4.69) is 26.6 Å². The summed E-state index contributed by atoms with van der Waals surface area (Å²) >= 11 is 1.38. The Kier molecular flexibility index (Phi) is 5.68. The van der Waals surface area contributed by atoms with Crippen LogP contribution in [0.4, 0.5) is 5.69 Å². The van der Waals surface area contributed by atoms with Crippen LogP contribution in [0.2, 0.25) is 0 Å². The quantitative estimate of drug-likeness (QED) is 0.673. The summed E-state index contributed by atoms with van der Waals surface area (Å²) in [5.41, 5.74) is 3.98. The number of nitrogens with zero attached hydrogens (tertiary/aromatic N) is 4. The number of pyridine rings is 1. The number of carbonyl (C=O) groups is 1. The van der Waals surface area contributed by atoms with E-state index in [0.717, 1.165) is 34.3 Å². The van der Waals surface area contributed by atoms with Crippen molar-refractivity contribution >= 4 is 23.4 Å². The summed E-state index contributed by atoms with van der Waals surface area (Å²) in [6.07, 6.45) is 3.49. The first-order valence-electron chi connectivity index (χ1n) is 8.42. The first-order valence-corrected chi connectivity index (χ1v) is 9.40. The molecule has 7 heteroatoms. The Morgan fingerprint density at radius 2 is 2.08 bits per heavy atom. The number of hydrogen-bond donors (Lipinski definition) is 1. The minimum atomic E-state index is -0.0597. The molecule has 0 saturated carbocycles. The average molecular weight is 367 g/mol. The number of amides is 1. The summed E-state index contributed by atoms with van der Waals surface area (Å²) in [5, 5.41) is 12.2. The van der Waals surface area contributed by atoms with Crippen LogP contribution in [-0.4, -0.2) is 31.4 Å². The van der Waals surface area contributed by atoms with Gasteiger partial charge in [0.2, 0.25) is 5.91 Å².